The van der Waals surface area contributed by atoms with Crippen LogP contribution in [0.15, 0.2) is 36.7 Å². The van der Waals surface area contributed by atoms with Crippen LogP contribution in [0.25, 0.3) is 0 Å². The summed E-state index contributed by atoms with van der Waals surface area (Å²) in [5.41, 5.74) is 2.13. The molecule has 0 aliphatic rings. The largest absolute Gasteiger partial charge is 0.304 e. The first-order chi connectivity index (χ1) is 12.0. The molecular formula is C17H17ClFN5O. The Morgan fingerprint density at radius 1 is 1.32 bits per heavy atom. The van der Waals surface area contributed by atoms with Crippen LogP contribution in [0.2, 0.25) is 5.02 Å². The summed E-state index contributed by atoms with van der Waals surface area (Å²) in [6, 6.07) is 6.12. The highest BCUT2D eigenvalue weighted by atomic mass is 35.5. The van der Waals surface area contributed by atoms with Crippen LogP contribution in [-0.4, -0.2) is 25.5 Å². The van der Waals surface area contributed by atoms with E-state index in [9.17, 15) is 9.18 Å². The fourth-order valence-corrected chi connectivity index (χ4v) is 2.70. The lowest BCUT2D eigenvalue weighted by atomic mass is 10.2. The van der Waals surface area contributed by atoms with Crippen LogP contribution in [-0.2, 0) is 13.1 Å². The number of amides is 1. The minimum atomic E-state index is -0.314. The number of nitrogens with one attached hydrogen (secondary N) is 1. The topological polar surface area (TPSA) is 64.7 Å². The summed E-state index contributed by atoms with van der Waals surface area (Å²) in [5, 5.41) is 11.5. The molecule has 8 heteroatoms. The molecule has 2 heterocycles. The Morgan fingerprint density at radius 2 is 2.04 bits per heavy atom. The third kappa shape index (κ3) is 3.71. The average Bonchev–Trinajstić information content (AvgIpc) is 3.12. The molecule has 0 bridgehead atoms. The number of halogens is 2. The van der Waals surface area contributed by atoms with Gasteiger partial charge in [0.25, 0.3) is 5.91 Å². The molecule has 2 aromatic heterocycles. The lowest BCUT2D eigenvalue weighted by molar-refractivity contribution is 0.102. The van der Waals surface area contributed by atoms with E-state index in [-0.39, 0.29) is 17.5 Å². The highest BCUT2D eigenvalue weighted by molar-refractivity contribution is 6.33. The third-order valence-corrected chi connectivity index (χ3v) is 4.13. The van der Waals surface area contributed by atoms with Gasteiger partial charge in [0, 0.05) is 18.4 Å². The van der Waals surface area contributed by atoms with E-state index >= 15 is 0 Å². The SMILES string of the molecule is CCn1ncc(C(=O)Nc2nn(Cc3ccc(F)cc3)cc2Cl)c1C. The lowest BCUT2D eigenvalue weighted by Gasteiger charge is -2.04. The second kappa shape index (κ2) is 7.06. The summed E-state index contributed by atoms with van der Waals surface area (Å²) in [4.78, 5) is 12.4. The van der Waals surface area contributed by atoms with E-state index in [0.29, 0.717) is 23.7 Å². The van der Waals surface area contributed by atoms with E-state index < -0.39 is 0 Å². The molecule has 0 saturated carbocycles. The minimum absolute atomic E-state index is 0.275. The maximum Gasteiger partial charge on any atom is 0.260 e. The van der Waals surface area contributed by atoms with E-state index in [1.165, 1.54) is 18.3 Å². The van der Waals surface area contributed by atoms with Crippen molar-refractivity contribution in [3.63, 3.8) is 0 Å². The summed E-state index contributed by atoms with van der Waals surface area (Å²) in [5.74, 6) is -0.332. The zero-order valence-electron chi connectivity index (χ0n) is 13.8. The van der Waals surface area contributed by atoms with E-state index in [1.54, 1.807) is 27.7 Å². The lowest BCUT2D eigenvalue weighted by Crippen LogP contribution is -2.14. The number of carbonyl (C=O) groups is 1. The monoisotopic (exact) mass is 361 g/mol. The molecule has 0 radical (unpaired) electrons. The highest BCUT2D eigenvalue weighted by Gasteiger charge is 2.17. The molecule has 0 saturated heterocycles. The average molecular weight is 362 g/mol. The quantitative estimate of drug-likeness (QED) is 0.756. The first-order valence-electron chi connectivity index (χ1n) is 7.79. The molecule has 0 aliphatic carbocycles. The third-order valence-electron chi connectivity index (χ3n) is 3.85. The van der Waals surface area contributed by atoms with Gasteiger partial charge < -0.3 is 5.32 Å². The number of hydrogen-bond donors (Lipinski definition) is 1. The molecule has 25 heavy (non-hydrogen) atoms. The predicted octanol–water partition coefficient (Wildman–Crippen LogP) is 3.50. The Bertz CT molecular complexity index is 900. The summed E-state index contributed by atoms with van der Waals surface area (Å²) >= 11 is 6.16. The van der Waals surface area contributed by atoms with E-state index in [1.807, 2.05) is 13.8 Å². The Hall–Kier alpha value is -2.67. The van der Waals surface area contributed by atoms with Crippen molar-refractivity contribution in [3.05, 3.63) is 64.3 Å². The summed E-state index contributed by atoms with van der Waals surface area (Å²) in [6.07, 6.45) is 3.14. The summed E-state index contributed by atoms with van der Waals surface area (Å²) in [7, 11) is 0. The maximum atomic E-state index is 13.0. The van der Waals surface area contributed by atoms with Crippen LogP contribution in [0.3, 0.4) is 0 Å². The number of anilines is 1. The Balaban J connectivity index is 1.74. The Morgan fingerprint density at radius 3 is 2.68 bits per heavy atom. The van der Waals surface area contributed by atoms with Crippen molar-refractivity contribution in [1.82, 2.24) is 19.6 Å². The van der Waals surface area contributed by atoms with Gasteiger partial charge in [-0.1, -0.05) is 23.7 Å². The van der Waals surface area contributed by atoms with Crippen molar-refractivity contribution in [1.29, 1.82) is 0 Å². The van der Waals surface area contributed by atoms with Crippen molar-refractivity contribution in [2.24, 2.45) is 0 Å². The van der Waals surface area contributed by atoms with Gasteiger partial charge in [-0.3, -0.25) is 14.2 Å². The molecule has 1 N–H and O–H groups in total. The number of rotatable bonds is 5. The number of nitrogens with zero attached hydrogens (tertiary/aromatic N) is 4. The Labute approximate surface area is 149 Å². The normalized spacial score (nSPS) is 10.9. The van der Waals surface area contributed by atoms with Gasteiger partial charge in [0.2, 0.25) is 0 Å². The molecule has 6 nitrogen and oxygen atoms in total. The Kier molecular flexibility index (Phi) is 4.85. The van der Waals surface area contributed by atoms with Gasteiger partial charge >= 0.3 is 0 Å². The predicted molar refractivity (Wildman–Crippen MR) is 93.3 cm³/mol. The fraction of sp³-hybridized carbons (Fsp3) is 0.235. The zero-order valence-corrected chi connectivity index (χ0v) is 14.6. The fourth-order valence-electron chi connectivity index (χ4n) is 2.50. The van der Waals surface area contributed by atoms with E-state index in [2.05, 4.69) is 15.5 Å². The van der Waals surface area contributed by atoms with Crippen molar-refractivity contribution in [3.8, 4) is 0 Å². The summed E-state index contributed by atoms with van der Waals surface area (Å²) in [6.45, 7) is 4.89. The first kappa shape index (κ1) is 17.2. The smallest absolute Gasteiger partial charge is 0.260 e. The van der Waals surface area contributed by atoms with E-state index in [0.717, 1.165) is 11.3 Å². The second-order valence-electron chi connectivity index (χ2n) is 5.56. The van der Waals surface area contributed by atoms with Gasteiger partial charge in [0.15, 0.2) is 5.82 Å². The summed E-state index contributed by atoms with van der Waals surface area (Å²) < 4.78 is 16.3. The molecule has 0 unspecified atom stereocenters. The van der Waals surface area contributed by atoms with Crippen LogP contribution < -0.4 is 5.32 Å². The van der Waals surface area contributed by atoms with Crippen LogP contribution >= 0.6 is 11.6 Å². The van der Waals surface area contributed by atoms with E-state index in [4.69, 9.17) is 11.6 Å². The van der Waals surface area contributed by atoms with Gasteiger partial charge in [-0.05, 0) is 31.5 Å². The molecule has 0 fully saturated rings. The molecule has 0 spiro atoms. The van der Waals surface area contributed by atoms with Crippen molar-refractivity contribution in [2.45, 2.75) is 26.9 Å². The standard InChI is InChI=1S/C17H17ClFN5O/c1-3-24-11(2)14(8-20-24)17(25)21-16-15(18)10-23(22-16)9-12-4-6-13(19)7-5-12/h4-8,10H,3,9H2,1-2H3,(H,21,22,25). The van der Waals surface area contributed by atoms with Crippen molar-refractivity contribution < 1.29 is 9.18 Å². The van der Waals surface area contributed by atoms with Crippen LogP contribution in [0.5, 0.6) is 0 Å². The van der Waals surface area contributed by atoms with Gasteiger partial charge in [-0.25, -0.2) is 4.39 Å². The molecule has 3 aromatic rings. The zero-order chi connectivity index (χ0) is 18.0. The second-order valence-corrected chi connectivity index (χ2v) is 5.97. The molecule has 1 aromatic carbocycles. The molecule has 0 aliphatic heterocycles. The minimum Gasteiger partial charge on any atom is -0.304 e. The molecule has 0 atom stereocenters. The maximum absolute atomic E-state index is 13.0. The van der Waals surface area contributed by atoms with Gasteiger partial charge in [0.1, 0.15) is 10.8 Å². The van der Waals surface area contributed by atoms with Gasteiger partial charge in [-0.15, -0.1) is 0 Å². The van der Waals surface area contributed by atoms with Crippen molar-refractivity contribution in [2.75, 3.05) is 5.32 Å². The number of benzene rings is 1. The molecular weight excluding hydrogens is 345 g/mol. The number of aryl methyl sites for hydroxylation is 1. The first-order valence-corrected chi connectivity index (χ1v) is 8.17. The number of carbonyl (C=O) groups excluding carboxylic acids is 1. The van der Waals surface area contributed by atoms with Crippen LogP contribution in [0.4, 0.5) is 10.2 Å². The molecule has 1 amide bonds. The highest BCUT2D eigenvalue weighted by Crippen LogP contribution is 2.21. The van der Waals surface area contributed by atoms with Gasteiger partial charge in [-0.2, -0.15) is 10.2 Å². The van der Waals surface area contributed by atoms with Gasteiger partial charge in [0.05, 0.1) is 18.3 Å². The van der Waals surface area contributed by atoms with Crippen LogP contribution in [0, 0.1) is 12.7 Å². The number of hydrogen-bond acceptors (Lipinski definition) is 3. The van der Waals surface area contributed by atoms with Crippen LogP contribution in [0.1, 0.15) is 28.5 Å². The van der Waals surface area contributed by atoms with Crippen molar-refractivity contribution >= 4 is 23.3 Å². The molecule has 3 rings (SSSR count). The number of aromatic nitrogens is 4. The molecule has 130 valence electrons.